The molecule has 0 aromatic rings. The fourth-order valence-corrected chi connectivity index (χ4v) is 0.352. The van der Waals surface area contributed by atoms with Crippen LogP contribution in [0.15, 0.2) is 0 Å². The zero-order valence-electron chi connectivity index (χ0n) is 5.05. The summed E-state index contributed by atoms with van der Waals surface area (Å²) in [7, 11) is 0. The van der Waals surface area contributed by atoms with Crippen molar-refractivity contribution in [3.63, 3.8) is 0 Å². The molecule has 0 aliphatic carbocycles. The van der Waals surface area contributed by atoms with E-state index in [-0.39, 0.29) is 6.61 Å². The third-order valence-corrected chi connectivity index (χ3v) is 0.667. The van der Waals surface area contributed by atoms with Crippen LogP contribution in [0, 0.1) is 0 Å². The molecule has 0 bridgehead atoms. The highest BCUT2D eigenvalue weighted by molar-refractivity contribution is 7.80. The van der Waals surface area contributed by atoms with Crippen molar-refractivity contribution in [3.05, 3.63) is 0 Å². The van der Waals surface area contributed by atoms with Gasteiger partial charge in [-0.1, -0.05) is 0 Å². The number of thiocarbonyl (C=S) groups is 1. The first-order chi connectivity index (χ1) is 4.27. The summed E-state index contributed by atoms with van der Waals surface area (Å²) in [6.07, 6.45) is 0. The molecular formula is C5H7O3S. The van der Waals surface area contributed by atoms with Gasteiger partial charge in [0.25, 0.3) is 0 Å². The Labute approximate surface area is 58.9 Å². The second kappa shape index (κ2) is 5.50. The molecule has 1 radical (unpaired) electrons. The van der Waals surface area contributed by atoms with E-state index in [0.717, 1.165) is 0 Å². The van der Waals surface area contributed by atoms with Crippen LogP contribution >= 0.6 is 12.2 Å². The Morgan fingerprint density at radius 2 is 2.33 bits per heavy atom. The van der Waals surface area contributed by atoms with Crippen LogP contribution in [0.3, 0.4) is 0 Å². The minimum Gasteiger partial charge on any atom is -0.484 e. The Kier molecular flexibility index (Phi) is 5.11. The maximum atomic E-state index is 9.41. The molecule has 0 rings (SSSR count). The monoisotopic (exact) mass is 147 g/mol. The van der Waals surface area contributed by atoms with E-state index in [1.807, 2.05) is 0 Å². The van der Waals surface area contributed by atoms with Crippen molar-refractivity contribution in [3.8, 4) is 0 Å². The molecule has 0 saturated heterocycles. The van der Waals surface area contributed by atoms with Crippen LogP contribution in [0.25, 0.3) is 0 Å². The first-order valence-corrected chi connectivity index (χ1v) is 2.80. The van der Waals surface area contributed by atoms with Crippen LogP contribution in [0.4, 0.5) is 0 Å². The summed E-state index contributed by atoms with van der Waals surface area (Å²) in [6.45, 7) is 3.44. The van der Waals surface area contributed by atoms with Gasteiger partial charge in [0.15, 0.2) is 5.05 Å². The molecular weight excluding hydrogens is 140 g/mol. The summed E-state index contributed by atoms with van der Waals surface area (Å²) in [4.78, 5) is 9.41. The highest BCUT2D eigenvalue weighted by atomic mass is 32.1. The van der Waals surface area contributed by atoms with Crippen molar-refractivity contribution >= 4 is 23.7 Å². The van der Waals surface area contributed by atoms with Crippen LogP contribution in [-0.2, 0) is 14.3 Å². The molecule has 0 saturated carbocycles. The Morgan fingerprint density at radius 1 is 1.67 bits per heavy atom. The fourth-order valence-electron chi connectivity index (χ4n) is 0.269. The lowest BCUT2D eigenvalue weighted by atomic mass is 10.7. The quantitative estimate of drug-likeness (QED) is 0.427. The lowest BCUT2D eigenvalue weighted by Gasteiger charge is -1.99. The minimum atomic E-state index is 0.206. The summed E-state index contributed by atoms with van der Waals surface area (Å²) >= 11 is 4.57. The second-order valence-electron chi connectivity index (χ2n) is 1.27. The molecule has 0 amide bonds. The van der Waals surface area contributed by atoms with E-state index in [4.69, 9.17) is 4.74 Å². The lowest BCUT2D eigenvalue weighted by molar-refractivity contribution is 0.195. The highest BCUT2D eigenvalue weighted by Crippen LogP contribution is 1.79. The van der Waals surface area contributed by atoms with E-state index >= 15 is 0 Å². The van der Waals surface area contributed by atoms with Crippen molar-refractivity contribution in [2.45, 2.75) is 6.92 Å². The third-order valence-electron chi connectivity index (χ3n) is 0.550. The van der Waals surface area contributed by atoms with Crippen LogP contribution in [0.1, 0.15) is 6.92 Å². The first-order valence-electron chi connectivity index (χ1n) is 2.39. The first kappa shape index (κ1) is 8.36. The van der Waals surface area contributed by atoms with Gasteiger partial charge in [0.1, 0.15) is 13.2 Å². The summed E-state index contributed by atoms with van der Waals surface area (Å²) < 4.78 is 8.97. The van der Waals surface area contributed by atoms with Gasteiger partial charge < -0.3 is 9.47 Å². The molecule has 4 heteroatoms. The normalized spacial score (nSPS) is 8.11. The second-order valence-corrected chi connectivity index (χ2v) is 1.85. The number of ether oxygens (including phenoxy) is 2. The summed E-state index contributed by atoms with van der Waals surface area (Å²) in [5, 5.41) is 0.449. The number of carbonyl (C=O) groups excluding carboxylic acids is 1. The largest absolute Gasteiger partial charge is 0.484 e. The molecule has 0 aliphatic rings. The summed E-state index contributed by atoms with van der Waals surface area (Å²) in [6, 6.07) is 0. The van der Waals surface area contributed by atoms with E-state index in [0.29, 0.717) is 11.7 Å². The molecule has 0 aromatic carbocycles. The van der Waals surface area contributed by atoms with E-state index in [1.54, 1.807) is 6.92 Å². The molecule has 0 aliphatic heterocycles. The maximum absolute atomic E-state index is 9.41. The van der Waals surface area contributed by atoms with E-state index < -0.39 is 0 Å². The topological polar surface area (TPSA) is 35.5 Å². The predicted molar refractivity (Wildman–Crippen MR) is 35.9 cm³/mol. The molecule has 51 valence electrons. The smallest absolute Gasteiger partial charge is 0.417 e. The highest BCUT2D eigenvalue weighted by Gasteiger charge is 1.87. The van der Waals surface area contributed by atoms with Gasteiger partial charge in [-0.2, -0.15) is 0 Å². The van der Waals surface area contributed by atoms with Crippen LogP contribution in [0.2, 0.25) is 0 Å². The Hall–Kier alpha value is -0.640. The van der Waals surface area contributed by atoms with Gasteiger partial charge in [-0.25, -0.2) is 4.79 Å². The Bertz CT molecular complexity index is 102. The van der Waals surface area contributed by atoms with Crippen LogP contribution in [-0.4, -0.2) is 24.7 Å². The molecule has 0 unspecified atom stereocenters. The molecule has 0 spiro atoms. The molecule has 9 heavy (non-hydrogen) atoms. The SMILES string of the molecule is CC(=S)OCCO[C]=O. The van der Waals surface area contributed by atoms with Crippen LogP contribution in [0.5, 0.6) is 0 Å². The van der Waals surface area contributed by atoms with Gasteiger partial charge in [0.05, 0.1) is 0 Å². The standard InChI is InChI=1S/C5H7O3S/c1-5(9)8-3-2-7-4-6/h2-3H2,1H3. The van der Waals surface area contributed by atoms with Gasteiger partial charge in [-0.15, -0.1) is 0 Å². The number of hydrogen-bond donors (Lipinski definition) is 0. The minimum absolute atomic E-state index is 0.206. The molecule has 3 nitrogen and oxygen atoms in total. The van der Waals surface area contributed by atoms with Crippen molar-refractivity contribution in [2.24, 2.45) is 0 Å². The van der Waals surface area contributed by atoms with E-state index in [2.05, 4.69) is 17.0 Å². The Morgan fingerprint density at radius 3 is 2.78 bits per heavy atom. The molecule has 0 N–H and O–H groups in total. The average molecular weight is 147 g/mol. The molecule has 0 atom stereocenters. The maximum Gasteiger partial charge on any atom is 0.417 e. The van der Waals surface area contributed by atoms with Crippen LogP contribution < -0.4 is 0 Å². The van der Waals surface area contributed by atoms with Gasteiger partial charge in [0, 0.05) is 6.92 Å². The third kappa shape index (κ3) is 7.36. The van der Waals surface area contributed by atoms with Crippen molar-refractivity contribution < 1.29 is 14.3 Å². The van der Waals surface area contributed by atoms with Crippen molar-refractivity contribution in [1.82, 2.24) is 0 Å². The number of rotatable bonds is 4. The zero-order valence-corrected chi connectivity index (χ0v) is 5.86. The van der Waals surface area contributed by atoms with E-state index in [9.17, 15) is 4.79 Å². The molecule has 0 fully saturated rings. The molecule has 0 aromatic heterocycles. The zero-order chi connectivity index (χ0) is 7.11. The van der Waals surface area contributed by atoms with Gasteiger partial charge in [-0.3, -0.25) is 0 Å². The Balaban J connectivity index is 2.91. The van der Waals surface area contributed by atoms with Gasteiger partial charge >= 0.3 is 6.47 Å². The summed E-state index contributed by atoms with van der Waals surface area (Å²) in [5.41, 5.74) is 0. The van der Waals surface area contributed by atoms with E-state index in [1.165, 1.54) is 6.47 Å². The lowest BCUT2D eigenvalue weighted by Crippen LogP contribution is -2.05. The number of hydrogen-bond acceptors (Lipinski definition) is 4. The van der Waals surface area contributed by atoms with Gasteiger partial charge in [-0.05, 0) is 12.2 Å². The van der Waals surface area contributed by atoms with Crippen molar-refractivity contribution in [2.75, 3.05) is 13.2 Å². The predicted octanol–water partition coefficient (Wildman–Crippen LogP) is 0.434. The van der Waals surface area contributed by atoms with Gasteiger partial charge in [0.2, 0.25) is 0 Å². The molecule has 0 heterocycles. The fraction of sp³-hybridized carbons (Fsp3) is 0.600. The summed E-state index contributed by atoms with van der Waals surface area (Å²) in [5.74, 6) is 0. The van der Waals surface area contributed by atoms with Crippen molar-refractivity contribution in [1.29, 1.82) is 0 Å². The average Bonchev–Trinajstić information content (AvgIpc) is 1.80.